The normalized spacial score (nSPS) is 19.7. The molecular weight excluding hydrogens is 366 g/mol. The number of carbonyl (C=O) groups is 1. The maximum atomic E-state index is 12.5. The Kier molecular flexibility index (Phi) is 6.13. The number of nitrogens with zero attached hydrogens (tertiary/aromatic N) is 1. The van der Waals surface area contributed by atoms with Crippen molar-refractivity contribution in [1.82, 2.24) is 4.90 Å². The molecule has 1 aliphatic carbocycles. The number of hydrogen-bond donors (Lipinski definition) is 4. The molecule has 1 fully saturated rings. The number of rotatable bonds is 6. The molecule has 1 heterocycles. The van der Waals surface area contributed by atoms with Crippen molar-refractivity contribution in [2.45, 2.75) is 44.4 Å². The lowest BCUT2D eigenvalue weighted by Crippen LogP contribution is -2.42. The van der Waals surface area contributed by atoms with Crippen LogP contribution in [0.1, 0.15) is 42.1 Å². The maximum Gasteiger partial charge on any atom is 0.238 e. The second-order valence-electron chi connectivity index (χ2n) is 8.03. The Balaban J connectivity index is 1.25. The number of benzene rings is 2. The van der Waals surface area contributed by atoms with Gasteiger partial charge in [0, 0.05) is 36.1 Å². The van der Waals surface area contributed by atoms with Crippen LogP contribution in [0.15, 0.2) is 42.5 Å². The Labute approximate surface area is 171 Å². The average molecular weight is 396 g/mol. The lowest BCUT2D eigenvalue weighted by molar-refractivity contribution is -0.117. The number of likely N-dealkylation sites (tertiary alicyclic amines) is 1. The molecule has 6 nitrogen and oxygen atoms in total. The summed E-state index contributed by atoms with van der Waals surface area (Å²) in [5.74, 6) is 0.000491. The Hall–Kier alpha value is -2.41. The van der Waals surface area contributed by atoms with Crippen LogP contribution in [0.4, 0.5) is 11.4 Å². The quantitative estimate of drug-likeness (QED) is 0.604. The van der Waals surface area contributed by atoms with Gasteiger partial charge in [-0.15, -0.1) is 0 Å². The number of para-hydroxylation sites is 1. The summed E-state index contributed by atoms with van der Waals surface area (Å²) in [6, 6.07) is 14.0. The minimum absolute atomic E-state index is 0.000491. The van der Waals surface area contributed by atoms with E-state index in [-0.39, 0.29) is 18.6 Å². The van der Waals surface area contributed by atoms with Crippen molar-refractivity contribution < 1.29 is 15.0 Å². The summed E-state index contributed by atoms with van der Waals surface area (Å²) >= 11 is 0. The zero-order valence-electron chi connectivity index (χ0n) is 16.6. The van der Waals surface area contributed by atoms with Crippen LogP contribution in [0.3, 0.4) is 0 Å². The second-order valence-corrected chi connectivity index (χ2v) is 8.03. The largest absolute Gasteiger partial charge is 0.392 e. The summed E-state index contributed by atoms with van der Waals surface area (Å²) in [5.41, 5.74) is 4.83. The first-order valence-corrected chi connectivity index (χ1v) is 10.4. The van der Waals surface area contributed by atoms with Gasteiger partial charge in [-0.1, -0.05) is 24.3 Å². The Morgan fingerprint density at radius 2 is 1.90 bits per heavy atom. The van der Waals surface area contributed by atoms with Gasteiger partial charge in [0.05, 0.1) is 19.3 Å². The van der Waals surface area contributed by atoms with Crippen LogP contribution in [-0.4, -0.2) is 46.7 Å². The highest BCUT2D eigenvalue weighted by atomic mass is 16.3. The summed E-state index contributed by atoms with van der Waals surface area (Å²) in [4.78, 5) is 14.6. The van der Waals surface area contributed by atoms with Crippen LogP contribution in [0.5, 0.6) is 0 Å². The van der Waals surface area contributed by atoms with E-state index in [0.717, 1.165) is 66.8 Å². The van der Waals surface area contributed by atoms with Gasteiger partial charge in [0.25, 0.3) is 0 Å². The highest BCUT2D eigenvalue weighted by Gasteiger charge is 2.23. The highest BCUT2D eigenvalue weighted by Crippen LogP contribution is 2.32. The predicted molar refractivity (Wildman–Crippen MR) is 114 cm³/mol. The second kappa shape index (κ2) is 8.95. The fourth-order valence-corrected chi connectivity index (χ4v) is 4.33. The van der Waals surface area contributed by atoms with Gasteiger partial charge in [0.15, 0.2) is 0 Å². The number of fused-ring (bicyclic) bond motifs is 1. The number of anilines is 2. The molecule has 0 bridgehead atoms. The van der Waals surface area contributed by atoms with Crippen LogP contribution in [-0.2, 0) is 17.8 Å². The van der Waals surface area contributed by atoms with Crippen LogP contribution in [0.2, 0.25) is 0 Å². The number of aliphatic hydroxyl groups excluding tert-OH is 2. The molecule has 2 aliphatic rings. The smallest absolute Gasteiger partial charge is 0.238 e. The van der Waals surface area contributed by atoms with Crippen molar-refractivity contribution in [3.63, 3.8) is 0 Å². The summed E-state index contributed by atoms with van der Waals surface area (Å²) in [6.45, 7) is 2.15. The minimum atomic E-state index is -0.367. The van der Waals surface area contributed by atoms with Crippen molar-refractivity contribution in [2.75, 3.05) is 30.3 Å². The Morgan fingerprint density at radius 1 is 1.10 bits per heavy atom. The van der Waals surface area contributed by atoms with Crippen LogP contribution in [0, 0.1) is 0 Å². The Morgan fingerprint density at radius 3 is 2.69 bits per heavy atom. The first-order chi connectivity index (χ1) is 14.1. The topological polar surface area (TPSA) is 84.8 Å². The molecule has 0 spiro atoms. The molecule has 2 aromatic carbocycles. The van der Waals surface area contributed by atoms with E-state index in [1.807, 2.05) is 42.5 Å². The van der Waals surface area contributed by atoms with E-state index in [9.17, 15) is 15.0 Å². The van der Waals surface area contributed by atoms with Crippen molar-refractivity contribution in [3.05, 3.63) is 59.2 Å². The molecule has 0 radical (unpaired) electrons. The van der Waals surface area contributed by atoms with Gasteiger partial charge in [0.2, 0.25) is 5.91 Å². The van der Waals surface area contributed by atoms with E-state index in [2.05, 4.69) is 15.5 Å². The standard InChI is InChI=1S/C23H29N3O3/c27-15-17-3-1-2-4-21(17)24-18-9-11-26(12-10-18)14-23(29)25-19-6-7-20-16(13-19)5-8-22(20)28/h1-4,6-7,13,18,22,24,27-28H,5,8-12,14-15H2,(H,25,29). The van der Waals surface area contributed by atoms with E-state index < -0.39 is 0 Å². The molecule has 1 saturated heterocycles. The third kappa shape index (κ3) is 4.78. The van der Waals surface area contributed by atoms with Gasteiger partial charge in [-0.05, 0) is 55.0 Å². The van der Waals surface area contributed by atoms with Gasteiger partial charge in [-0.25, -0.2) is 0 Å². The lowest BCUT2D eigenvalue weighted by Gasteiger charge is -2.32. The summed E-state index contributed by atoms with van der Waals surface area (Å²) in [5, 5.41) is 25.9. The average Bonchev–Trinajstić information content (AvgIpc) is 3.10. The van der Waals surface area contributed by atoms with Crippen LogP contribution < -0.4 is 10.6 Å². The van der Waals surface area contributed by atoms with Crippen LogP contribution in [0.25, 0.3) is 0 Å². The van der Waals surface area contributed by atoms with E-state index in [1.165, 1.54) is 0 Å². The van der Waals surface area contributed by atoms with Crippen LogP contribution >= 0.6 is 0 Å². The first-order valence-electron chi connectivity index (χ1n) is 10.4. The molecule has 1 amide bonds. The Bertz CT molecular complexity index is 862. The third-order valence-corrected chi connectivity index (χ3v) is 5.97. The number of hydrogen-bond acceptors (Lipinski definition) is 5. The van der Waals surface area contributed by atoms with Gasteiger partial charge in [-0.3, -0.25) is 9.69 Å². The molecule has 4 N–H and O–H groups in total. The molecule has 6 heteroatoms. The van der Waals surface area contributed by atoms with Crippen molar-refractivity contribution in [2.24, 2.45) is 0 Å². The molecule has 1 aliphatic heterocycles. The van der Waals surface area contributed by atoms with E-state index in [0.29, 0.717) is 12.6 Å². The number of aliphatic hydroxyl groups is 2. The first kappa shape index (κ1) is 19.9. The number of carbonyl (C=O) groups excluding carboxylic acids is 1. The fraction of sp³-hybridized carbons (Fsp3) is 0.435. The lowest BCUT2D eigenvalue weighted by atomic mass is 10.0. The molecule has 1 unspecified atom stereocenters. The third-order valence-electron chi connectivity index (χ3n) is 5.97. The van der Waals surface area contributed by atoms with Gasteiger partial charge >= 0.3 is 0 Å². The van der Waals surface area contributed by atoms with E-state index in [1.54, 1.807) is 0 Å². The summed E-state index contributed by atoms with van der Waals surface area (Å²) < 4.78 is 0. The molecule has 29 heavy (non-hydrogen) atoms. The zero-order valence-corrected chi connectivity index (χ0v) is 16.6. The number of nitrogens with one attached hydrogen (secondary N) is 2. The number of amides is 1. The summed E-state index contributed by atoms with van der Waals surface area (Å²) in [7, 11) is 0. The van der Waals surface area contributed by atoms with Gasteiger partial charge in [0.1, 0.15) is 0 Å². The van der Waals surface area contributed by atoms with Crippen molar-refractivity contribution in [3.8, 4) is 0 Å². The molecule has 0 saturated carbocycles. The molecule has 0 aromatic heterocycles. The maximum absolute atomic E-state index is 12.5. The van der Waals surface area contributed by atoms with Gasteiger partial charge < -0.3 is 20.8 Å². The number of aryl methyl sites for hydroxylation is 1. The minimum Gasteiger partial charge on any atom is -0.392 e. The van der Waals surface area contributed by atoms with E-state index in [4.69, 9.17) is 0 Å². The highest BCUT2D eigenvalue weighted by molar-refractivity contribution is 5.92. The molecular formula is C23H29N3O3. The SMILES string of the molecule is O=C(CN1CCC(Nc2ccccc2CO)CC1)Nc1ccc2c(c1)CCC2O. The van der Waals surface area contributed by atoms with E-state index >= 15 is 0 Å². The molecule has 1 atom stereocenters. The zero-order chi connectivity index (χ0) is 20.2. The molecule has 4 rings (SSSR count). The molecule has 154 valence electrons. The predicted octanol–water partition coefficient (Wildman–Crippen LogP) is 2.67. The monoisotopic (exact) mass is 395 g/mol. The van der Waals surface area contributed by atoms with Crippen molar-refractivity contribution in [1.29, 1.82) is 0 Å². The fourth-order valence-electron chi connectivity index (χ4n) is 4.33. The summed E-state index contributed by atoms with van der Waals surface area (Å²) in [6.07, 6.45) is 3.18. The van der Waals surface area contributed by atoms with Gasteiger partial charge in [-0.2, -0.15) is 0 Å². The number of piperidine rings is 1. The van der Waals surface area contributed by atoms with Crippen molar-refractivity contribution >= 4 is 17.3 Å². The molecule has 2 aromatic rings.